The minimum Gasteiger partial charge on any atom is -0.411 e. The SMILES string of the molecule is C/C(Cc1ccc(C=O)cc1)=N\O. The van der Waals surface area contributed by atoms with Gasteiger partial charge in [0.2, 0.25) is 0 Å². The highest BCUT2D eigenvalue weighted by atomic mass is 16.4. The van der Waals surface area contributed by atoms with Crippen LogP contribution >= 0.6 is 0 Å². The topological polar surface area (TPSA) is 49.7 Å². The highest BCUT2D eigenvalue weighted by Crippen LogP contribution is 2.04. The zero-order valence-electron chi connectivity index (χ0n) is 7.40. The van der Waals surface area contributed by atoms with Crippen LogP contribution in [0.2, 0.25) is 0 Å². The van der Waals surface area contributed by atoms with E-state index in [1.54, 1.807) is 19.1 Å². The van der Waals surface area contributed by atoms with Gasteiger partial charge in [0.25, 0.3) is 0 Å². The Bertz CT molecular complexity index is 314. The van der Waals surface area contributed by atoms with Crippen LogP contribution in [0.4, 0.5) is 0 Å². The van der Waals surface area contributed by atoms with Crippen LogP contribution < -0.4 is 0 Å². The third-order valence-corrected chi connectivity index (χ3v) is 1.75. The number of rotatable bonds is 3. The molecule has 0 aliphatic heterocycles. The van der Waals surface area contributed by atoms with E-state index in [0.29, 0.717) is 17.7 Å². The molecule has 0 saturated heterocycles. The third kappa shape index (κ3) is 2.71. The van der Waals surface area contributed by atoms with E-state index in [9.17, 15) is 4.79 Å². The fraction of sp³-hybridized carbons (Fsp3) is 0.200. The molecule has 0 bridgehead atoms. The normalized spacial score (nSPS) is 11.3. The van der Waals surface area contributed by atoms with Gasteiger partial charge in [0, 0.05) is 12.0 Å². The lowest BCUT2D eigenvalue weighted by Gasteiger charge is -1.98. The van der Waals surface area contributed by atoms with Crippen molar-refractivity contribution >= 4 is 12.0 Å². The molecule has 3 heteroatoms. The summed E-state index contributed by atoms with van der Waals surface area (Å²) in [5.74, 6) is 0. The molecule has 1 aromatic carbocycles. The quantitative estimate of drug-likeness (QED) is 0.332. The van der Waals surface area contributed by atoms with Gasteiger partial charge in [0.15, 0.2) is 0 Å². The minimum absolute atomic E-state index is 0.607. The zero-order valence-corrected chi connectivity index (χ0v) is 7.40. The van der Waals surface area contributed by atoms with Gasteiger partial charge in [-0.05, 0) is 12.5 Å². The lowest BCUT2D eigenvalue weighted by atomic mass is 10.1. The van der Waals surface area contributed by atoms with E-state index in [-0.39, 0.29) is 0 Å². The largest absolute Gasteiger partial charge is 0.411 e. The number of oxime groups is 1. The molecule has 0 heterocycles. The van der Waals surface area contributed by atoms with Gasteiger partial charge in [0.05, 0.1) is 5.71 Å². The Hall–Kier alpha value is -1.64. The molecule has 1 rings (SSSR count). The van der Waals surface area contributed by atoms with E-state index in [0.717, 1.165) is 11.8 Å². The lowest BCUT2D eigenvalue weighted by Crippen LogP contribution is -1.97. The van der Waals surface area contributed by atoms with Gasteiger partial charge in [-0.2, -0.15) is 0 Å². The van der Waals surface area contributed by atoms with E-state index < -0.39 is 0 Å². The lowest BCUT2D eigenvalue weighted by molar-refractivity contribution is 0.112. The van der Waals surface area contributed by atoms with Gasteiger partial charge in [-0.1, -0.05) is 29.4 Å². The maximum absolute atomic E-state index is 10.3. The van der Waals surface area contributed by atoms with E-state index >= 15 is 0 Å². The van der Waals surface area contributed by atoms with E-state index in [1.165, 1.54) is 0 Å². The molecule has 1 N–H and O–H groups in total. The average molecular weight is 177 g/mol. The number of carbonyl (C=O) groups excluding carboxylic acids is 1. The fourth-order valence-corrected chi connectivity index (χ4v) is 1.04. The fourth-order valence-electron chi connectivity index (χ4n) is 1.04. The summed E-state index contributed by atoms with van der Waals surface area (Å²) < 4.78 is 0. The maximum atomic E-state index is 10.3. The molecule has 0 unspecified atom stereocenters. The summed E-state index contributed by atoms with van der Waals surface area (Å²) in [6.45, 7) is 1.74. The van der Waals surface area contributed by atoms with Gasteiger partial charge in [0.1, 0.15) is 6.29 Å². The summed E-state index contributed by atoms with van der Waals surface area (Å²) in [5.41, 5.74) is 2.34. The van der Waals surface area contributed by atoms with Crippen LogP contribution in [0.1, 0.15) is 22.8 Å². The highest BCUT2D eigenvalue weighted by Gasteiger charge is 1.96. The number of aldehydes is 1. The van der Waals surface area contributed by atoms with E-state index in [4.69, 9.17) is 5.21 Å². The molecule has 0 aliphatic rings. The first-order valence-corrected chi connectivity index (χ1v) is 3.98. The van der Waals surface area contributed by atoms with Crippen LogP contribution in [-0.4, -0.2) is 17.2 Å². The van der Waals surface area contributed by atoms with Crippen LogP contribution in [0.3, 0.4) is 0 Å². The highest BCUT2D eigenvalue weighted by molar-refractivity contribution is 5.83. The molecule has 0 amide bonds. The number of hydrogen-bond acceptors (Lipinski definition) is 3. The molecule has 0 aliphatic carbocycles. The molecule has 0 atom stereocenters. The second-order valence-electron chi connectivity index (χ2n) is 2.87. The van der Waals surface area contributed by atoms with Crippen LogP contribution in [0.25, 0.3) is 0 Å². The number of hydrogen-bond donors (Lipinski definition) is 1. The van der Waals surface area contributed by atoms with Crippen LogP contribution in [-0.2, 0) is 6.42 Å². The molecular weight excluding hydrogens is 166 g/mol. The molecule has 0 aromatic heterocycles. The van der Waals surface area contributed by atoms with Crippen molar-refractivity contribution in [1.29, 1.82) is 0 Å². The van der Waals surface area contributed by atoms with Gasteiger partial charge in [-0.3, -0.25) is 4.79 Å². The predicted molar refractivity (Wildman–Crippen MR) is 50.4 cm³/mol. The van der Waals surface area contributed by atoms with Crippen molar-refractivity contribution in [2.75, 3.05) is 0 Å². The molecule has 0 saturated carbocycles. The summed E-state index contributed by atoms with van der Waals surface area (Å²) in [6, 6.07) is 7.18. The van der Waals surface area contributed by atoms with Gasteiger partial charge >= 0.3 is 0 Å². The minimum atomic E-state index is 0.607. The number of benzene rings is 1. The van der Waals surface area contributed by atoms with Gasteiger partial charge in [-0.25, -0.2) is 0 Å². The Kier molecular flexibility index (Phi) is 3.20. The van der Waals surface area contributed by atoms with Crippen molar-refractivity contribution in [3.8, 4) is 0 Å². The summed E-state index contributed by atoms with van der Waals surface area (Å²) in [7, 11) is 0. The first-order valence-electron chi connectivity index (χ1n) is 3.98. The molecule has 0 radical (unpaired) electrons. The second kappa shape index (κ2) is 4.40. The Morgan fingerprint density at radius 2 is 2.08 bits per heavy atom. The van der Waals surface area contributed by atoms with Crippen LogP contribution in [0.15, 0.2) is 29.4 Å². The molecule has 3 nitrogen and oxygen atoms in total. The Balaban J connectivity index is 2.75. The first kappa shape index (κ1) is 9.45. The maximum Gasteiger partial charge on any atom is 0.150 e. The van der Waals surface area contributed by atoms with Crippen molar-refractivity contribution in [2.45, 2.75) is 13.3 Å². The Morgan fingerprint density at radius 3 is 2.54 bits per heavy atom. The van der Waals surface area contributed by atoms with Crippen LogP contribution in [0, 0.1) is 0 Å². The molecule has 0 fully saturated rings. The van der Waals surface area contributed by atoms with Crippen molar-refractivity contribution in [1.82, 2.24) is 0 Å². The number of nitrogens with zero attached hydrogens (tertiary/aromatic N) is 1. The van der Waals surface area contributed by atoms with Crippen molar-refractivity contribution in [3.05, 3.63) is 35.4 Å². The average Bonchev–Trinajstić information content (AvgIpc) is 2.19. The van der Waals surface area contributed by atoms with Crippen molar-refractivity contribution in [2.24, 2.45) is 5.16 Å². The van der Waals surface area contributed by atoms with Crippen molar-refractivity contribution in [3.63, 3.8) is 0 Å². The second-order valence-corrected chi connectivity index (χ2v) is 2.87. The van der Waals surface area contributed by atoms with Crippen molar-refractivity contribution < 1.29 is 10.0 Å². The summed E-state index contributed by atoms with van der Waals surface area (Å²) in [4.78, 5) is 10.3. The Labute approximate surface area is 76.7 Å². The van der Waals surface area contributed by atoms with Gasteiger partial charge < -0.3 is 5.21 Å². The molecule has 0 spiro atoms. The predicted octanol–water partition coefficient (Wildman–Crippen LogP) is 1.89. The number of carbonyl (C=O) groups is 1. The smallest absolute Gasteiger partial charge is 0.150 e. The molecule has 68 valence electrons. The molecular formula is C10H11NO2. The zero-order chi connectivity index (χ0) is 9.68. The van der Waals surface area contributed by atoms with E-state index in [1.807, 2.05) is 12.1 Å². The Morgan fingerprint density at radius 1 is 1.46 bits per heavy atom. The monoisotopic (exact) mass is 177 g/mol. The van der Waals surface area contributed by atoms with Gasteiger partial charge in [-0.15, -0.1) is 0 Å². The summed E-state index contributed by atoms with van der Waals surface area (Å²) in [6.07, 6.45) is 1.41. The summed E-state index contributed by atoms with van der Waals surface area (Å²) >= 11 is 0. The van der Waals surface area contributed by atoms with Crippen LogP contribution in [0.5, 0.6) is 0 Å². The first-order chi connectivity index (χ1) is 6.26. The van der Waals surface area contributed by atoms with E-state index in [2.05, 4.69) is 5.16 Å². The molecule has 13 heavy (non-hydrogen) atoms. The summed E-state index contributed by atoms with van der Waals surface area (Å²) in [5, 5.41) is 11.5. The third-order valence-electron chi connectivity index (χ3n) is 1.75. The molecule has 1 aromatic rings. The standard InChI is InChI=1S/C10H11NO2/c1-8(11-13)6-9-2-4-10(7-12)5-3-9/h2-5,7,13H,6H2,1H3/b11-8+.